The van der Waals surface area contributed by atoms with E-state index >= 15 is 0 Å². The number of benzene rings is 1. The summed E-state index contributed by atoms with van der Waals surface area (Å²) in [5.41, 5.74) is 1.90. The van der Waals surface area contributed by atoms with Crippen LogP contribution < -0.4 is 0 Å². The van der Waals surface area contributed by atoms with Crippen LogP contribution in [0.2, 0.25) is 0 Å². The van der Waals surface area contributed by atoms with Gasteiger partial charge in [-0.3, -0.25) is 0 Å². The number of rotatable bonds is 2. The highest BCUT2D eigenvalue weighted by Crippen LogP contribution is 2.42. The van der Waals surface area contributed by atoms with Gasteiger partial charge >= 0.3 is 0 Å². The summed E-state index contributed by atoms with van der Waals surface area (Å²) < 4.78 is 33.0. The molecule has 116 valence electrons. The fourth-order valence-corrected chi connectivity index (χ4v) is 5.90. The zero-order valence-corrected chi connectivity index (χ0v) is 14.1. The summed E-state index contributed by atoms with van der Waals surface area (Å²) in [5, 5.41) is 0. The molecule has 6 heteroatoms. The molecule has 3 rings (SSSR count). The van der Waals surface area contributed by atoms with Gasteiger partial charge in [0.1, 0.15) is 4.93 Å². The number of hydrogen-bond donors (Lipinski definition) is 0. The second kappa shape index (κ2) is 5.57. The molecule has 2 heterocycles. The fraction of sp³-hybridized carbons (Fsp3) is 0.600. The minimum atomic E-state index is -3.39. The van der Waals surface area contributed by atoms with Crippen molar-refractivity contribution in [3.05, 3.63) is 29.3 Å². The average molecular weight is 327 g/mol. The maximum absolute atomic E-state index is 12.8. The van der Waals surface area contributed by atoms with E-state index in [9.17, 15) is 8.42 Å². The lowest BCUT2D eigenvalue weighted by Crippen LogP contribution is -2.45. The first kappa shape index (κ1) is 15.3. The molecule has 1 aromatic carbocycles. The van der Waals surface area contributed by atoms with Gasteiger partial charge in [-0.05, 0) is 38.3 Å². The SMILES string of the molecule is Cc1ccc(S(=O)(=O)N2CCC3(CC2)OCCS3)c(C)c1. The molecule has 1 aromatic rings. The Hall–Kier alpha value is -0.560. The Bertz CT molecular complexity index is 626. The molecule has 2 aliphatic rings. The van der Waals surface area contributed by atoms with Gasteiger partial charge < -0.3 is 4.74 Å². The van der Waals surface area contributed by atoms with Crippen LogP contribution in [-0.2, 0) is 14.8 Å². The molecule has 1 spiro atoms. The summed E-state index contributed by atoms with van der Waals surface area (Å²) in [6, 6.07) is 5.51. The monoisotopic (exact) mass is 327 g/mol. The van der Waals surface area contributed by atoms with Crippen LogP contribution in [0, 0.1) is 13.8 Å². The van der Waals surface area contributed by atoms with E-state index < -0.39 is 10.0 Å². The topological polar surface area (TPSA) is 46.6 Å². The lowest BCUT2D eigenvalue weighted by atomic mass is 10.1. The normalized spacial score (nSPS) is 22.8. The first-order valence-electron chi connectivity index (χ1n) is 7.28. The predicted molar refractivity (Wildman–Crippen MR) is 85.0 cm³/mol. The smallest absolute Gasteiger partial charge is 0.243 e. The van der Waals surface area contributed by atoms with Crippen molar-refractivity contribution in [1.29, 1.82) is 0 Å². The maximum Gasteiger partial charge on any atom is 0.243 e. The molecule has 0 unspecified atom stereocenters. The number of piperidine rings is 1. The van der Waals surface area contributed by atoms with Gasteiger partial charge in [-0.2, -0.15) is 4.31 Å². The summed E-state index contributed by atoms with van der Waals surface area (Å²) in [6.45, 7) is 5.71. The highest BCUT2D eigenvalue weighted by Gasteiger charge is 2.42. The Morgan fingerprint density at radius 1 is 1.24 bits per heavy atom. The van der Waals surface area contributed by atoms with Crippen LogP contribution in [0.25, 0.3) is 0 Å². The molecule has 0 saturated carbocycles. The Balaban J connectivity index is 1.80. The van der Waals surface area contributed by atoms with Gasteiger partial charge in [0, 0.05) is 18.8 Å². The lowest BCUT2D eigenvalue weighted by Gasteiger charge is -2.37. The molecule has 0 N–H and O–H groups in total. The van der Waals surface area contributed by atoms with E-state index in [1.807, 2.05) is 37.7 Å². The third kappa shape index (κ3) is 2.86. The van der Waals surface area contributed by atoms with Crippen molar-refractivity contribution in [2.24, 2.45) is 0 Å². The van der Waals surface area contributed by atoms with Gasteiger partial charge in [0.2, 0.25) is 10.0 Å². The van der Waals surface area contributed by atoms with Gasteiger partial charge in [-0.1, -0.05) is 17.7 Å². The van der Waals surface area contributed by atoms with E-state index in [2.05, 4.69) is 0 Å². The molecule has 0 radical (unpaired) electrons. The van der Waals surface area contributed by atoms with Crippen LogP contribution in [0.3, 0.4) is 0 Å². The van der Waals surface area contributed by atoms with E-state index in [1.165, 1.54) is 0 Å². The molecule has 0 bridgehead atoms. The number of sulfonamides is 1. The second-order valence-corrected chi connectivity index (χ2v) is 9.13. The van der Waals surface area contributed by atoms with Gasteiger partial charge in [0.25, 0.3) is 0 Å². The number of hydrogen-bond acceptors (Lipinski definition) is 4. The molecule has 4 nitrogen and oxygen atoms in total. The highest BCUT2D eigenvalue weighted by molar-refractivity contribution is 8.00. The highest BCUT2D eigenvalue weighted by atomic mass is 32.2. The fourth-order valence-electron chi connectivity index (χ4n) is 3.08. The first-order valence-corrected chi connectivity index (χ1v) is 9.71. The van der Waals surface area contributed by atoms with Crippen molar-refractivity contribution < 1.29 is 13.2 Å². The van der Waals surface area contributed by atoms with Crippen molar-refractivity contribution in [2.45, 2.75) is 36.5 Å². The number of thioether (sulfide) groups is 1. The van der Waals surface area contributed by atoms with Crippen LogP contribution in [0.1, 0.15) is 24.0 Å². The van der Waals surface area contributed by atoms with Gasteiger partial charge in [-0.15, -0.1) is 11.8 Å². The zero-order chi connectivity index (χ0) is 15.1. The number of ether oxygens (including phenoxy) is 1. The van der Waals surface area contributed by atoms with E-state index in [-0.39, 0.29) is 4.93 Å². The quantitative estimate of drug-likeness (QED) is 0.837. The summed E-state index contributed by atoms with van der Waals surface area (Å²) in [7, 11) is -3.39. The van der Waals surface area contributed by atoms with Crippen LogP contribution in [0.5, 0.6) is 0 Å². The molecule has 2 saturated heterocycles. The van der Waals surface area contributed by atoms with Crippen LogP contribution in [0.4, 0.5) is 0 Å². The maximum atomic E-state index is 12.8. The van der Waals surface area contributed by atoms with Gasteiger partial charge in [0.15, 0.2) is 0 Å². The van der Waals surface area contributed by atoms with Crippen LogP contribution in [0.15, 0.2) is 23.1 Å². The number of nitrogens with zero attached hydrogens (tertiary/aromatic N) is 1. The first-order chi connectivity index (χ1) is 9.93. The van der Waals surface area contributed by atoms with E-state index in [1.54, 1.807) is 10.4 Å². The van der Waals surface area contributed by atoms with Crippen molar-refractivity contribution in [3.63, 3.8) is 0 Å². The van der Waals surface area contributed by atoms with E-state index in [0.29, 0.717) is 18.0 Å². The molecule has 2 fully saturated rings. The van der Waals surface area contributed by atoms with Crippen molar-refractivity contribution in [1.82, 2.24) is 4.31 Å². The Kier molecular flexibility index (Phi) is 4.07. The second-order valence-electron chi connectivity index (χ2n) is 5.78. The third-order valence-electron chi connectivity index (χ3n) is 4.25. The lowest BCUT2D eigenvalue weighted by molar-refractivity contribution is 0.0162. The van der Waals surface area contributed by atoms with E-state index in [4.69, 9.17) is 4.74 Å². The summed E-state index contributed by atoms with van der Waals surface area (Å²) in [4.78, 5) is 0.304. The summed E-state index contributed by atoms with van der Waals surface area (Å²) in [5.74, 6) is 1.02. The van der Waals surface area contributed by atoms with Gasteiger partial charge in [-0.25, -0.2) is 8.42 Å². The standard InChI is InChI=1S/C15H21NO3S2/c1-12-3-4-14(13(2)11-12)21(17,18)16-7-5-15(6-8-16)19-9-10-20-15/h3-4,11H,5-10H2,1-2H3. The van der Waals surface area contributed by atoms with Gasteiger partial charge in [0.05, 0.1) is 11.5 Å². The third-order valence-corrected chi connectivity index (χ3v) is 7.73. The largest absolute Gasteiger partial charge is 0.363 e. The molecular weight excluding hydrogens is 306 g/mol. The van der Waals surface area contributed by atoms with Crippen molar-refractivity contribution >= 4 is 21.8 Å². The molecule has 2 aliphatic heterocycles. The Morgan fingerprint density at radius 2 is 1.95 bits per heavy atom. The minimum absolute atomic E-state index is 0.131. The molecule has 0 aliphatic carbocycles. The van der Waals surface area contributed by atoms with Crippen LogP contribution in [-0.4, -0.2) is 43.1 Å². The van der Waals surface area contributed by atoms with Crippen molar-refractivity contribution in [2.75, 3.05) is 25.4 Å². The van der Waals surface area contributed by atoms with Crippen molar-refractivity contribution in [3.8, 4) is 0 Å². The minimum Gasteiger partial charge on any atom is -0.363 e. The molecule has 0 amide bonds. The predicted octanol–water partition coefficient (Wildman–Crippen LogP) is 2.55. The van der Waals surface area contributed by atoms with E-state index in [0.717, 1.165) is 36.3 Å². The molecule has 0 aromatic heterocycles. The summed E-state index contributed by atoms with van der Waals surface area (Å²) >= 11 is 1.84. The molecular formula is C15H21NO3S2. The van der Waals surface area contributed by atoms with Crippen LogP contribution >= 0.6 is 11.8 Å². The number of aryl methyl sites for hydroxylation is 2. The summed E-state index contributed by atoms with van der Waals surface area (Å²) in [6.07, 6.45) is 1.56. The molecule has 21 heavy (non-hydrogen) atoms. The Labute approximate surface area is 130 Å². The Morgan fingerprint density at radius 3 is 2.52 bits per heavy atom. The zero-order valence-electron chi connectivity index (χ0n) is 12.5. The molecule has 0 atom stereocenters. The average Bonchev–Trinajstić information content (AvgIpc) is 2.87.